The Morgan fingerprint density at radius 3 is 2.37 bits per heavy atom. The minimum Gasteiger partial charge on any atom is -0.362 e. The number of benzene rings is 5. The van der Waals surface area contributed by atoms with Crippen molar-refractivity contribution in [1.82, 2.24) is 5.32 Å². The second kappa shape index (κ2) is 12.7. The molecule has 1 saturated heterocycles. The number of thioether (sulfide) groups is 1. The van der Waals surface area contributed by atoms with E-state index >= 15 is 0 Å². The van der Waals surface area contributed by atoms with Crippen LogP contribution in [0.25, 0.3) is 49.5 Å². The van der Waals surface area contributed by atoms with E-state index in [9.17, 15) is 0 Å². The lowest BCUT2D eigenvalue weighted by molar-refractivity contribution is 0.353. The molecule has 0 bridgehead atoms. The topological polar surface area (TPSA) is 24.4 Å². The standard InChI is InChI=1S/C55H46N2S2/c1-54(2)43-24-22-33(28-39(43)41-31-46-40(30-45(41)54)35-16-7-9-20-44(35)55(46)26-11-4-12-27-55)34-23-25-48-42(29-34)36-18-13-19-38(51(36)58-48)50-52-49(37-17-8-10-21-47(37)59-52)56-53(57-50)32-14-5-3-6-15-32/h3,5-10,13-18,20,22-25,28-31,38,47,53,57H,4,11-12,19,21,26-27H2,1-2H3. The Labute approximate surface area is 355 Å². The van der Waals surface area contributed by atoms with Crippen LogP contribution in [0.1, 0.15) is 109 Å². The smallest absolute Gasteiger partial charge is 0.145 e. The fraction of sp³-hybridized carbons (Fsp3) is 0.255. The van der Waals surface area contributed by atoms with Gasteiger partial charge in [0.15, 0.2) is 0 Å². The summed E-state index contributed by atoms with van der Waals surface area (Å²) >= 11 is 4.01. The molecule has 2 fully saturated rings. The van der Waals surface area contributed by atoms with Gasteiger partial charge in [-0.25, -0.2) is 0 Å². The van der Waals surface area contributed by atoms with E-state index in [-0.39, 0.29) is 22.9 Å². The first-order valence-electron chi connectivity index (χ1n) is 21.8. The van der Waals surface area contributed by atoms with Crippen molar-refractivity contribution < 1.29 is 0 Å². The van der Waals surface area contributed by atoms with Crippen LogP contribution in [0.3, 0.4) is 0 Å². The molecule has 7 aliphatic rings. The second-order valence-corrected chi connectivity index (χ2v) is 20.7. The van der Waals surface area contributed by atoms with Crippen LogP contribution in [-0.2, 0) is 10.8 Å². The molecule has 6 aromatic rings. The molecule has 1 spiro atoms. The molecule has 5 aliphatic carbocycles. The SMILES string of the molecule is CC1(C)c2ccc(-c3ccc4sc5c(c4c3)C=CCC5C3=C4SC5CC=CC=C5C4=NC(c4ccccc4)N3)cc2-c2cc3c(cc21)-c1ccccc1C31CCCCC1. The molecule has 13 rings (SSSR count). The average Bonchev–Trinajstić information content (AvgIpc) is 3.99. The molecule has 288 valence electrons. The van der Waals surface area contributed by atoms with E-state index in [0.29, 0.717) is 5.25 Å². The number of thiophene rings is 1. The van der Waals surface area contributed by atoms with Crippen molar-refractivity contribution in [3.8, 4) is 33.4 Å². The van der Waals surface area contributed by atoms with Gasteiger partial charge >= 0.3 is 0 Å². The lowest BCUT2D eigenvalue weighted by Crippen LogP contribution is -2.30. The Morgan fingerprint density at radius 1 is 0.695 bits per heavy atom. The normalized spacial score (nSPS) is 23.5. The van der Waals surface area contributed by atoms with Gasteiger partial charge in [0.25, 0.3) is 0 Å². The fourth-order valence-corrected chi connectivity index (χ4v) is 14.7. The number of hydrogen-bond acceptors (Lipinski definition) is 4. The van der Waals surface area contributed by atoms with Crippen LogP contribution in [-0.4, -0.2) is 11.0 Å². The zero-order chi connectivity index (χ0) is 39.0. The van der Waals surface area contributed by atoms with Gasteiger partial charge in [-0.3, -0.25) is 4.99 Å². The summed E-state index contributed by atoms with van der Waals surface area (Å²) in [5.41, 5.74) is 21.2. The Balaban J connectivity index is 0.902. The quantitative estimate of drug-likeness (QED) is 0.193. The van der Waals surface area contributed by atoms with Gasteiger partial charge in [-0.05, 0) is 128 Å². The molecule has 0 amide bonds. The van der Waals surface area contributed by atoms with Crippen LogP contribution in [0, 0.1) is 0 Å². The lowest BCUT2D eigenvalue weighted by atomic mass is 9.67. The van der Waals surface area contributed by atoms with Gasteiger partial charge in [-0.2, -0.15) is 0 Å². The predicted molar refractivity (Wildman–Crippen MR) is 251 cm³/mol. The number of nitrogens with zero attached hydrogens (tertiary/aromatic N) is 1. The summed E-state index contributed by atoms with van der Waals surface area (Å²) in [6, 6.07) is 40.0. The summed E-state index contributed by atoms with van der Waals surface area (Å²) < 4.78 is 1.37. The zero-order valence-electron chi connectivity index (χ0n) is 33.6. The molecule has 3 atom stereocenters. The summed E-state index contributed by atoms with van der Waals surface area (Å²) in [5.74, 6) is 0.267. The highest BCUT2D eigenvalue weighted by Gasteiger charge is 2.47. The van der Waals surface area contributed by atoms with E-state index in [1.807, 2.05) is 23.1 Å². The van der Waals surface area contributed by atoms with Crippen LogP contribution in [0.4, 0.5) is 0 Å². The molecule has 2 aliphatic heterocycles. The van der Waals surface area contributed by atoms with Crippen LogP contribution < -0.4 is 5.32 Å². The molecule has 1 N–H and O–H groups in total. The number of hydrogen-bond donors (Lipinski definition) is 1. The lowest BCUT2D eigenvalue weighted by Gasteiger charge is -2.36. The molecular formula is C55H46N2S2. The molecule has 0 radical (unpaired) electrons. The average molecular weight is 799 g/mol. The van der Waals surface area contributed by atoms with Gasteiger partial charge in [0.2, 0.25) is 0 Å². The highest BCUT2D eigenvalue weighted by atomic mass is 32.2. The van der Waals surface area contributed by atoms with Crippen molar-refractivity contribution in [2.75, 3.05) is 0 Å². The number of rotatable bonds is 3. The van der Waals surface area contributed by atoms with Crippen LogP contribution in [0.2, 0.25) is 0 Å². The summed E-state index contributed by atoms with van der Waals surface area (Å²) in [5, 5.41) is 5.83. The van der Waals surface area contributed by atoms with E-state index < -0.39 is 0 Å². The van der Waals surface area contributed by atoms with E-state index in [2.05, 4.69) is 153 Å². The first-order chi connectivity index (χ1) is 29.0. The van der Waals surface area contributed by atoms with Crippen molar-refractivity contribution in [2.24, 2.45) is 4.99 Å². The van der Waals surface area contributed by atoms with E-state index in [4.69, 9.17) is 4.99 Å². The van der Waals surface area contributed by atoms with Gasteiger partial charge in [0.1, 0.15) is 6.17 Å². The Kier molecular flexibility index (Phi) is 7.45. The van der Waals surface area contributed by atoms with Gasteiger partial charge in [-0.1, -0.05) is 136 Å². The number of fused-ring (bicyclic) bond motifs is 14. The van der Waals surface area contributed by atoms with Crippen molar-refractivity contribution in [3.63, 3.8) is 0 Å². The highest BCUT2D eigenvalue weighted by molar-refractivity contribution is 8.05. The Bertz CT molecular complexity index is 2960. The second-order valence-electron chi connectivity index (χ2n) is 18.4. The van der Waals surface area contributed by atoms with Crippen molar-refractivity contribution in [2.45, 2.75) is 87.0 Å². The van der Waals surface area contributed by atoms with Crippen LogP contribution in [0.15, 0.2) is 149 Å². The third-order valence-electron chi connectivity index (χ3n) is 14.9. The predicted octanol–water partition coefficient (Wildman–Crippen LogP) is 14.6. The van der Waals surface area contributed by atoms with Gasteiger partial charge in [0, 0.05) is 42.7 Å². The first kappa shape index (κ1) is 34.7. The van der Waals surface area contributed by atoms with Crippen LogP contribution >= 0.6 is 23.1 Å². The maximum atomic E-state index is 5.39. The van der Waals surface area contributed by atoms with Crippen molar-refractivity contribution >= 4 is 45.0 Å². The van der Waals surface area contributed by atoms with Gasteiger partial charge < -0.3 is 5.32 Å². The Hall–Kier alpha value is -5.16. The highest BCUT2D eigenvalue weighted by Crippen LogP contribution is 2.60. The van der Waals surface area contributed by atoms with Crippen molar-refractivity contribution in [3.05, 3.63) is 182 Å². The molecule has 3 heterocycles. The summed E-state index contributed by atoms with van der Waals surface area (Å²) in [4.78, 5) is 8.22. The molecule has 4 heteroatoms. The monoisotopic (exact) mass is 798 g/mol. The largest absolute Gasteiger partial charge is 0.362 e. The summed E-state index contributed by atoms with van der Waals surface area (Å²) in [7, 11) is 0. The molecular weight excluding hydrogens is 753 g/mol. The zero-order valence-corrected chi connectivity index (χ0v) is 35.3. The fourth-order valence-electron chi connectivity index (χ4n) is 12.0. The molecule has 2 nitrogen and oxygen atoms in total. The molecule has 59 heavy (non-hydrogen) atoms. The van der Waals surface area contributed by atoms with E-state index in [1.165, 1.54) is 125 Å². The maximum absolute atomic E-state index is 5.39. The molecule has 5 aromatic carbocycles. The van der Waals surface area contributed by atoms with Crippen LogP contribution in [0.5, 0.6) is 0 Å². The minimum absolute atomic E-state index is 0.0545. The van der Waals surface area contributed by atoms with Gasteiger partial charge in [0.05, 0.1) is 10.6 Å². The first-order valence-corrected chi connectivity index (χ1v) is 23.5. The van der Waals surface area contributed by atoms with Gasteiger partial charge in [-0.15, -0.1) is 23.1 Å². The minimum atomic E-state index is -0.0917. The number of nitrogens with one attached hydrogen (secondary N) is 1. The summed E-state index contributed by atoms with van der Waals surface area (Å²) in [6.07, 6.45) is 20.1. The third-order valence-corrected chi connectivity index (χ3v) is 17.6. The molecule has 1 saturated carbocycles. The maximum Gasteiger partial charge on any atom is 0.145 e. The number of allylic oxidation sites excluding steroid dienone is 6. The van der Waals surface area contributed by atoms with E-state index in [0.717, 1.165) is 12.8 Å². The van der Waals surface area contributed by atoms with Crippen molar-refractivity contribution in [1.29, 1.82) is 0 Å². The third kappa shape index (κ3) is 4.91. The Morgan fingerprint density at radius 2 is 1.47 bits per heavy atom. The molecule has 3 unspecified atom stereocenters. The number of aliphatic imine (C=N–C) groups is 1. The summed E-state index contributed by atoms with van der Waals surface area (Å²) in [6.45, 7) is 4.88. The molecule has 1 aromatic heterocycles. The van der Waals surface area contributed by atoms with E-state index in [1.54, 1.807) is 11.1 Å².